The van der Waals surface area contributed by atoms with E-state index in [1.54, 1.807) is 0 Å². The number of piperidine rings is 1. The number of fused-ring (bicyclic) bond motifs is 1. The molecule has 7 nitrogen and oxygen atoms in total. The number of carbonyl (C=O) groups is 2. The van der Waals surface area contributed by atoms with Crippen LogP contribution in [0.2, 0.25) is 0 Å². The molecule has 0 N–H and O–H groups in total. The predicted molar refractivity (Wildman–Crippen MR) is 154 cm³/mol. The molecule has 0 aromatic heterocycles. The molecular formula is C34H34NO6-. The van der Waals surface area contributed by atoms with Gasteiger partial charge >= 0.3 is 5.97 Å². The number of likely N-dealkylation sites (tertiary alicyclic amines) is 1. The molecule has 212 valence electrons. The van der Waals surface area contributed by atoms with Crippen LogP contribution in [0, 0.1) is 0 Å². The van der Waals surface area contributed by atoms with Crippen molar-refractivity contribution in [2.75, 3.05) is 26.3 Å². The van der Waals surface area contributed by atoms with Gasteiger partial charge in [0.1, 0.15) is 12.7 Å². The third-order valence-corrected chi connectivity index (χ3v) is 7.49. The Morgan fingerprint density at radius 1 is 0.805 bits per heavy atom. The maximum Gasteiger partial charge on any atom is 0.332 e. The van der Waals surface area contributed by atoms with Gasteiger partial charge in [-0.25, -0.2) is 4.79 Å². The van der Waals surface area contributed by atoms with Gasteiger partial charge in [0.2, 0.25) is 0 Å². The number of benzene rings is 4. The minimum atomic E-state index is -1.17. The summed E-state index contributed by atoms with van der Waals surface area (Å²) < 4.78 is 17.1. The van der Waals surface area contributed by atoms with Gasteiger partial charge in [-0.15, -0.1) is 0 Å². The van der Waals surface area contributed by atoms with E-state index < -0.39 is 6.09 Å². The van der Waals surface area contributed by atoms with E-state index in [-0.39, 0.29) is 37.7 Å². The molecule has 1 fully saturated rings. The number of esters is 1. The molecule has 1 amide bonds. The Balaban J connectivity index is 1.13. The highest BCUT2D eigenvalue weighted by molar-refractivity contribution is 5.82. The second kappa shape index (κ2) is 13.9. The van der Waals surface area contributed by atoms with Crippen molar-refractivity contribution in [3.05, 3.63) is 119 Å². The number of hydrogen-bond acceptors (Lipinski definition) is 6. The third-order valence-electron chi connectivity index (χ3n) is 7.49. The first-order valence-corrected chi connectivity index (χ1v) is 14.0. The molecule has 5 rings (SSSR count). The van der Waals surface area contributed by atoms with Crippen molar-refractivity contribution < 1.29 is 28.9 Å². The lowest BCUT2D eigenvalue weighted by Gasteiger charge is -2.40. The van der Waals surface area contributed by atoms with Crippen molar-refractivity contribution in [1.82, 2.24) is 4.90 Å². The maximum absolute atomic E-state index is 12.0. The zero-order valence-corrected chi connectivity index (χ0v) is 22.9. The van der Waals surface area contributed by atoms with Crippen LogP contribution in [-0.2, 0) is 38.6 Å². The highest BCUT2D eigenvalue weighted by atomic mass is 16.6. The fraction of sp³-hybridized carbons (Fsp3) is 0.294. The zero-order valence-electron chi connectivity index (χ0n) is 22.9. The van der Waals surface area contributed by atoms with Crippen molar-refractivity contribution in [2.24, 2.45) is 0 Å². The van der Waals surface area contributed by atoms with Crippen molar-refractivity contribution >= 4 is 22.8 Å². The van der Waals surface area contributed by atoms with E-state index in [1.165, 1.54) is 10.3 Å². The lowest BCUT2D eigenvalue weighted by molar-refractivity contribution is -0.268. The smallest absolute Gasteiger partial charge is 0.332 e. The molecule has 4 aromatic rings. The van der Waals surface area contributed by atoms with Gasteiger partial charge in [-0.05, 0) is 45.5 Å². The van der Waals surface area contributed by atoms with Crippen LogP contribution in [0.4, 0.5) is 4.79 Å². The Bertz CT molecular complexity index is 1440. The molecule has 1 aliphatic heterocycles. The fourth-order valence-corrected chi connectivity index (χ4v) is 5.25. The lowest BCUT2D eigenvalue weighted by atomic mass is 9.86. The Hall–Kier alpha value is -4.20. The molecule has 0 spiro atoms. The molecule has 2 atom stereocenters. The van der Waals surface area contributed by atoms with Gasteiger partial charge in [0, 0.05) is 25.4 Å². The molecule has 0 saturated carbocycles. The van der Waals surface area contributed by atoms with E-state index >= 15 is 0 Å². The van der Waals surface area contributed by atoms with Gasteiger partial charge in [-0.3, -0.25) is 0 Å². The highest BCUT2D eigenvalue weighted by Crippen LogP contribution is 2.31. The predicted octanol–water partition coefficient (Wildman–Crippen LogP) is 4.86. The number of hydrogen-bond donors (Lipinski definition) is 0. The third kappa shape index (κ3) is 7.93. The molecule has 4 aromatic carbocycles. The molecule has 1 aliphatic rings. The van der Waals surface area contributed by atoms with Crippen LogP contribution in [0.5, 0.6) is 0 Å². The summed E-state index contributed by atoms with van der Waals surface area (Å²) in [5.74, 6) is -0.330. The fourth-order valence-electron chi connectivity index (χ4n) is 5.25. The molecule has 2 unspecified atom stereocenters. The summed E-state index contributed by atoms with van der Waals surface area (Å²) in [6.45, 7) is 1.63. The first-order chi connectivity index (χ1) is 20.0. The SMILES string of the molecule is O=C(COCc1ccccc1)OCCc1ccc(C2CCN(C(=O)[O-])CC2OCc2ccc3ccccc3c2)cc1. The van der Waals surface area contributed by atoms with E-state index in [9.17, 15) is 14.7 Å². The quantitative estimate of drug-likeness (QED) is 0.247. The first-order valence-electron chi connectivity index (χ1n) is 14.0. The van der Waals surface area contributed by atoms with Crippen LogP contribution in [0.15, 0.2) is 97.1 Å². The first kappa shape index (κ1) is 28.3. The van der Waals surface area contributed by atoms with E-state index in [1.807, 2.05) is 60.7 Å². The van der Waals surface area contributed by atoms with Gasteiger partial charge in [0.15, 0.2) is 0 Å². The largest absolute Gasteiger partial charge is 0.530 e. The summed E-state index contributed by atoms with van der Waals surface area (Å²) in [5, 5.41) is 13.9. The van der Waals surface area contributed by atoms with Crippen molar-refractivity contribution in [3.63, 3.8) is 0 Å². The number of amides is 1. The molecule has 7 heteroatoms. The Morgan fingerprint density at radius 2 is 1.54 bits per heavy atom. The summed E-state index contributed by atoms with van der Waals surface area (Å²) >= 11 is 0. The van der Waals surface area contributed by atoms with Crippen LogP contribution < -0.4 is 5.11 Å². The molecule has 0 radical (unpaired) electrons. The monoisotopic (exact) mass is 552 g/mol. The van der Waals surface area contributed by atoms with E-state index in [4.69, 9.17) is 14.2 Å². The maximum atomic E-state index is 12.0. The second-order valence-electron chi connectivity index (χ2n) is 10.3. The van der Waals surface area contributed by atoms with E-state index in [2.05, 4.69) is 36.4 Å². The number of nitrogens with zero attached hydrogens (tertiary/aromatic N) is 1. The molecule has 1 saturated heterocycles. The summed E-state index contributed by atoms with van der Waals surface area (Å²) in [5.41, 5.74) is 4.20. The van der Waals surface area contributed by atoms with Crippen molar-refractivity contribution in [2.45, 2.75) is 38.1 Å². The Kier molecular flexibility index (Phi) is 9.62. The minimum absolute atomic E-state index is 0.0553. The lowest BCUT2D eigenvalue weighted by Crippen LogP contribution is -2.51. The number of carbonyl (C=O) groups excluding carboxylic acids is 2. The number of rotatable bonds is 11. The summed E-state index contributed by atoms with van der Waals surface area (Å²) in [4.78, 5) is 24.9. The summed E-state index contributed by atoms with van der Waals surface area (Å²) in [7, 11) is 0. The minimum Gasteiger partial charge on any atom is -0.530 e. The van der Waals surface area contributed by atoms with Gasteiger partial charge in [0.25, 0.3) is 0 Å². The standard InChI is InChI=1S/C34H35NO6/c36-33(24-39-22-26-6-2-1-3-7-26)40-19-17-25-10-14-29(15-11-25)31-16-18-35(34(37)38)21-32(31)41-23-27-12-13-28-8-4-5-9-30(28)20-27/h1-15,20,31-32H,16-19,21-24H2,(H,37,38)/p-1. The molecule has 0 aliphatic carbocycles. The van der Waals surface area contributed by atoms with Gasteiger partial charge < -0.3 is 29.0 Å². The van der Waals surface area contributed by atoms with Crippen molar-refractivity contribution in [1.29, 1.82) is 0 Å². The van der Waals surface area contributed by atoms with Crippen LogP contribution in [-0.4, -0.2) is 49.4 Å². The molecule has 1 heterocycles. The highest BCUT2D eigenvalue weighted by Gasteiger charge is 2.31. The van der Waals surface area contributed by atoms with E-state index in [0.717, 1.165) is 27.6 Å². The summed E-state index contributed by atoms with van der Waals surface area (Å²) in [6, 6.07) is 32.3. The Morgan fingerprint density at radius 3 is 2.32 bits per heavy atom. The second-order valence-corrected chi connectivity index (χ2v) is 10.3. The number of ether oxygens (including phenoxy) is 3. The molecular weight excluding hydrogens is 518 g/mol. The normalized spacial score (nSPS) is 16.9. The van der Waals surface area contributed by atoms with Gasteiger partial charge in [-0.1, -0.05) is 91.0 Å². The number of carboxylic acid groups (broad SMARTS) is 1. The van der Waals surface area contributed by atoms with Crippen LogP contribution >= 0.6 is 0 Å². The van der Waals surface area contributed by atoms with Gasteiger partial charge in [0.05, 0.1) is 25.9 Å². The van der Waals surface area contributed by atoms with Crippen molar-refractivity contribution in [3.8, 4) is 0 Å². The van der Waals surface area contributed by atoms with Gasteiger partial charge in [-0.2, -0.15) is 0 Å². The zero-order chi connectivity index (χ0) is 28.4. The summed E-state index contributed by atoms with van der Waals surface area (Å²) in [6.07, 6.45) is -0.222. The van der Waals surface area contributed by atoms with Crippen LogP contribution in [0.25, 0.3) is 10.8 Å². The van der Waals surface area contributed by atoms with Crippen LogP contribution in [0.1, 0.15) is 34.6 Å². The Labute approximate surface area is 240 Å². The molecule has 0 bridgehead atoms. The average molecular weight is 553 g/mol. The molecule has 41 heavy (non-hydrogen) atoms. The van der Waals surface area contributed by atoms with E-state index in [0.29, 0.717) is 32.6 Å². The van der Waals surface area contributed by atoms with Crippen LogP contribution in [0.3, 0.4) is 0 Å². The average Bonchev–Trinajstić information content (AvgIpc) is 3.00. The topological polar surface area (TPSA) is 88.1 Å².